The van der Waals surface area contributed by atoms with Gasteiger partial charge in [0.1, 0.15) is 5.69 Å². The number of rotatable bonds is 5. The van der Waals surface area contributed by atoms with Crippen LogP contribution in [-0.4, -0.2) is 44.0 Å². The Morgan fingerprint density at radius 3 is 2.48 bits per heavy atom. The van der Waals surface area contributed by atoms with Crippen LogP contribution in [0.5, 0.6) is 0 Å². The van der Waals surface area contributed by atoms with Crippen molar-refractivity contribution in [3.8, 4) is 0 Å². The third kappa shape index (κ3) is 3.56. The molecule has 0 saturated carbocycles. The molecule has 2 rings (SSSR count). The quantitative estimate of drug-likeness (QED) is 0.887. The highest BCUT2D eigenvalue weighted by molar-refractivity contribution is 5.92. The normalized spacial score (nSPS) is 10.3. The molecule has 2 N–H and O–H groups in total. The first-order chi connectivity index (χ1) is 9.99. The number of para-hydroxylation sites is 2. The van der Waals surface area contributed by atoms with E-state index in [1.54, 1.807) is 19.0 Å². The van der Waals surface area contributed by atoms with Crippen LogP contribution < -0.4 is 10.2 Å². The maximum atomic E-state index is 11.8. The molecular formula is C16H22N4O. The van der Waals surface area contributed by atoms with Gasteiger partial charge >= 0.3 is 0 Å². The molecule has 21 heavy (non-hydrogen) atoms. The lowest BCUT2D eigenvalue weighted by atomic mass is 10.2. The van der Waals surface area contributed by atoms with Gasteiger partial charge in [-0.2, -0.15) is 0 Å². The molecule has 0 fully saturated rings. The number of nitrogens with zero attached hydrogens (tertiary/aromatic N) is 2. The maximum Gasteiger partial charge on any atom is 0.269 e. The zero-order chi connectivity index (χ0) is 15.4. The Morgan fingerprint density at radius 2 is 1.81 bits per heavy atom. The minimum Gasteiger partial charge on any atom is -0.378 e. The SMILES string of the molecule is CN(C)C(=O)c1ccc(CNc2ccccc2N(C)C)[nH]1. The van der Waals surface area contributed by atoms with Gasteiger partial charge in [0, 0.05) is 33.9 Å². The molecule has 5 nitrogen and oxygen atoms in total. The summed E-state index contributed by atoms with van der Waals surface area (Å²) in [6.07, 6.45) is 0. The van der Waals surface area contributed by atoms with Gasteiger partial charge in [-0.25, -0.2) is 0 Å². The van der Waals surface area contributed by atoms with Crippen LogP contribution in [0.2, 0.25) is 0 Å². The molecule has 1 aromatic heterocycles. The Labute approximate surface area is 125 Å². The predicted octanol–water partition coefficient (Wildman–Crippen LogP) is 2.39. The second-order valence-electron chi connectivity index (χ2n) is 5.36. The topological polar surface area (TPSA) is 51.4 Å². The van der Waals surface area contributed by atoms with E-state index in [1.165, 1.54) is 0 Å². The molecule has 5 heteroatoms. The molecule has 0 aliphatic rings. The number of nitrogens with one attached hydrogen (secondary N) is 2. The molecule has 1 amide bonds. The first-order valence-electron chi connectivity index (χ1n) is 6.89. The number of benzene rings is 1. The molecule has 0 bridgehead atoms. The standard InChI is InChI=1S/C16H22N4O/c1-19(2)15-8-6-5-7-13(15)17-11-12-9-10-14(18-12)16(21)20(3)4/h5-10,17-18H,11H2,1-4H3. The number of carbonyl (C=O) groups excluding carboxylic acids is 1. The highest BCUT2D eigenvalue weighted by Gasteiger charge is 2.10. The summed E-state index contributed by atoms with van der Waals surface area (Å²) in [5, 5.41) is 3.39. The Kier molecular flexibility index (Phi) is 4.52. The molecule has 0 aliphatic heterocycles. The molecule has 0 spiro atoms. The van der Waals surface area contributed by atoms with E-state index in [0.29, 0.717) is 12.2 Å². The Hall–Kier alpha value is -2.43. The smallest absolute Gasteiger partial charge is 0.269 e. The first-order valence-corrected chi connectivity index (χ1v) is 6.89. The second kappa shape index (κ2) is 6.35. The summed E-state index contributed by atoms with van der Waals surface area (Å²) in [5.41, 5.74) is 3.79. The summed E-state index contributed by atoms with van der Waals surface area (Å²) in [5.74, 6) is -0.0186. The Morgan fingerprint density at radius 1 is 1.10 bits per heavy atom. The molecule has 2 aromatic rings. The number of amides is 1. The van der Waals surface area contributed by atoms with Crippen molar-refractivity contribution in [1.29, 1.82) is 0 Å². The van der Waals surface area contributed by atoms with Crippen LogP contribution in [0.25, 0.3) is 0 Å². The van der Waals surface area contributed by atoms with E-state index in [-0.39, 0.29) is 5.91 Å². The highest BCUT2D eigenvalue weighted by atomic mass is 16.2. The lowest BCUT2D eigenvalue weighted by molar-refractivity contribution is 0.0822. The van der Waals surface area contributed by atoms with Gasteiger partial charge in [0.2, 0.25) is 0 Å². The summed E-state index contributed by atoms with van der Waals surface area (Å²) >= 11 is 0. The molecule has 0 radical (unpaired) electrons. The zero-order valence-electron chi connectivity index (χ0n) is 13.0. The van der Waals surface area contributed by atoms with Gasteiger partial charge in [0.25, 0.3) is 5.91 Å². The number of H-pyrrole nitrogens is 1. The van der Waals surface area contributed by atoms with E-state index >= 15 is 0 Å². The van der Waals surface area contributed by atoms with Crippen LogP contribution in [0.4, 0.5) is 11.4 Å². The minimum atomic E-state index is -0.0186. The fraction of sp³-hybridized carbons (Fsp3) is 0.312. The zero-order valence-corrected chi connectivity index (χ0v) is 13.0. The fourth-order valence-corrected chi connectivity index (χ4v) is 2.11. The van der Waals surface area contributed by atoms with E-state index in [4.69, 9.17) is 0 Å². The van der Waals surface area contributed by atoms with Crippen molar-refractivity contribution in [2.75, 3.05) is 38.4 Å². The molecule has 1 heterocycles. The van der Waals surface area contributed by atoms with Crippen LogP contribution >= 0.6 is 0 Å². The predicted molar refractivity (Wildman–Crippen MR) is 86.9 cm³/mol. The monoisotopic (exact) mass is 286 g/mol. The summed E-state index contributed by atoms with van der Waals surface area (Å²) in [6.45, 7) is 0.644. The minimum absolute atomic E-state index is 0.0186. The summed E-state index contributed by atoms with van der Waals surface area (Å²) in [4.78, 5) is 18.6. The number of aromatic amines is 1. The Bertz CT molecular complexity index is 616. The van der Waals surface area contributed by atoms with E-state index in [2.05, 4.69) is 21.3 Å². The van der Waals surface area contributed by atoms with Crippen LogP contribution in [-0.2, 0) is 6.54 Å². The summed E-state index contributed by atoms with van der Waals surface area (Å²) < 4.78 is 0. The van der Waals surface area contributed by atoms with Crippen LogP contribution in [0.1, 0.15) is 16.2 Å². The van der Waals surface area contributed by atoms with Crippen molar-refractivity contribution in [3.05, 3.63) is 47.8 Å². The van der Waals surface area contributed by atoms with E-state index in [0.717, 1.165) is 17.1 Å². The van der Waals surface area contributed by atoms with Gasteiger partial charge < -0.3 is 20.1 Å². The highest BCUT2D eigenvalue weighted by Crippen LogP contribution is 2.23. The van der Waals surface area contributed by atoms with Crippen LogP contribution in [0.3, 0.4) is 0 Å². The van der Waals surface area contributed by atoms with Crippen molar-refractivity contribution in [3.63, 3.8) is 0 Å². The fourth-order valence-electron chi connectivity index (χ4n) is 2.11. The Balaban J connectivity index is 2.06. The molecule has 0 aliphatic carbocycles. The van der Waals surface area contributed by atoms with Crippen molar-refractivity contribution in [2.24, 2.45) is 0 Å². The van der Waals surface area contributed by atoms with E-state index in [9.17, 15) is 4.79 Å². The average Bonchev–Trinajstić information content (AvgIpc) is 2.93. The largest absolute Gasteiger partial charge is 0.378 e. The van der Waals surface area contributed by atoms with Crippen molar-refractivity contribution in [2.45, 2.75) is 6.54 Å². The van der Waals surface area contributed by atoms with Crippen LogP contribution in [0, 0.1) is 0 Å². The van der Waals surface area contributed by atoms with E-state index in [1.807, 2.05) is 44.4 Å². The summed E-state index contributed by atoms with van der Waals surface area (Å²) in [6, 6.07) is 11.9. The third-order valence-electron chi connectivity index (χ3n) is 3.24. The van der Waals surface area contributed by atoms with Gasteiger partial charge in [-0.05, 0) is 24.3 Å². The molecule has 1 aromatic carbocycles. The number of hydrogen-bond acceptors (Lipinski definition) is 3. The number of carbonyl (C=O) groups is 1. The summed E-state index contributed by atoms with van der Waals surface area (Å²) in [7, 11) is 7.52. The van der Waals surface area contributed by atoms with Crippen molar-refractivity contribution < 1.29 is 4.79 Å². The molecule has 0 unspecified atom stereocenters. The van der Waals surface area contributed by atoms with Gasteiger partial charge in [-0.1, -0.05) is 12.1 Å². The van der Waals surface area contributed by atoms with Gasteiger partial charge in [0.05, 0.1) is 17.9 Å². The molecule has 0 atom stereocenters. The van der Waals surface area contributed by atoms with Gasteiger partial charge in [-0.3, -0.25) is 4.79 Å². The van der Waals surface area contributed by atoms with Crippen LogP contribution in [0.15, 0.2) is 36.4 Å². The van der Waals surface area contributed by atoms with Crippen molar-refractivity contribution >= 4 is 17.3 Å². The first kappa shape index (κ1) is 15.0. The lowest BCUT2D eigenvalue weighted by Crippen LogP contribution is -2.22. The second-order valence-corrected chi connectivity index (χ2v) is 5.36. The number of hydrogen-bond donors (Lipinski definition) is 2. The van der Waals surface area contributed by atoms with Gasteiger partial charge in [-0.15, -0.1) is 0 Å². The molecule has 112 valence electrons. The molecular weight excluding hydrogens is 264 g/mol. The molecule has 0 saturated heterocycles. The van der Waals surface area contributed by atoms with E-state index < -0.39 is 0 Å². The third-order valence-corrected chi connectivity index (χ3v) is 3.24. The number of aromatic nitrogens is 1. The van der Waals surface area contributed by atoms with Crippen molar-refractivity contribution in [1.82, 2.24) is 9.88 Å². The number of anilines is 2. The maximum absolute atomic E-state index is 11.8. The van der Waals surface area contributed by atoms with Gasteiger partial charge in [0.15, 0.2) is 0 Å². The average molecular weight is 286 g/mol. The lowest BCUT2D eigenvalue weighted by Gasteiger charge is -2.18.